The highest BCUT2D eigenvalue weighted by Gasteiger charge is 2.20. The van der Waals surface area contributed by atoms with Crippen molar-refractivity contribution in [3.8, 4) is 85.5 Å². The van der Waals surface area contributed by atoms with Gasteiger partial charge in [0.2, 0.25) is 0 Å². The Bertz CT molecular complexity index is 3030. The minimum Gasteiger partial charge on any atom is -0.508 e. The van der Waals surface area contributed by atoms with E-state index in [1.807, 2.05) is 115 Å². The summed E-state index contributed by atoms with van der Waals surface area (Å²) in [5.41, 5.74) is 10.8. The van der Waals surface area contributed by atoms with Crippen LogP contribution in [0.25, 0.3) is 22.3 Å². The first-order valence-corrected chi connectivity index (χ1v) is 21.7. The van der Waals surface area contributed by atoms with Crippen molar-refractivity contribution in [3.63, 3.8) is 0 Å². The van der Waals surface area contributed by atoms with Gasteiger partial charge in [-0.25, -0.2) is 0 Å². The zero-order valence-corrected chi connectivity index (χ0v) is 35.1. The molecule has 0 amide bonds. The van der Waals surface area contributed by atoms with Gasteiger partial charge in [-0.15, -0.1) is 0 Å². The standard InChI is InChI=1S/C56H46O8/c57-42-17-24-45-40(31-42)15-5-34-9-20-44(21-10-34)63-56-30-39(4-2-36-11-22-46(45)50(59)27-36)14-26-53(56)64-55-33-48-41(32-52(55)61)16-6-35-7-18-43(19-8-35)62-54-29-38(13-25-49(54)58)3-1-37-12-23-47(48)51(60)28-37/h7-14,17-33,57-61H,1-6,15-16H2. The van der Waals surface area contributed by atoms with E-state index in [0.717, 1.165) is 61.2 Å². The molecule has 0 saturated carbocycles. The van der Waals surface area contributed by atoms with Gasteiger partial charge < -0.3 is 39.7 Å². The van der Waals surface area contributed by atoms with Crippen LogP contribution in [0.3, 0.4) is 0 Å². The molecule has 8 aliphatic heterocycles. The first-order chi connectivity index (χ1) is 31.2. The van der Waals surface area contributed by atoms with Crippen LogP contribution in [0.1, 0.15) is 44.5 Å². The van der Waals surface area contributed by atoms with Crippen molar-refractivity contribution in [2.24, 2.45) is 0 Å². The van der Waals surface area contributed by atoms with Gasteiger partial charge in [0.05, 0.1) is 0 Å². The lowest BCUT2D eigenvalue weighted by Crippen LogP contribution is -1.99. The van der Waals surface area contributed by atoms with Crippen molar-refractivity contribution in [1.82, 2.24) is 0 Å². The molecule has 8 nitrogen and oxygen atoms in total. The number of aryl methyl sites for hydroxylation is 8. The van der Waals surface area contributed by atoms with Gasteiger partial charge in [0.15, 0.2) is 34.5 Å². The molecule has 318 valence electrons. The lowest BCUT2D eigenvalue weighted by Gasteiger charge is -2.19. The van der Waals surface area contributed by atoms with Crippen LogP contribution >= 0.6 is 0 Å². The first kappa shape index (κ1) is 40.2. The summed E-state index contributed by atoms with van der Waals surface area (Å²) in [6.07, 6.45) is 5.20. The van der Waals surface area contributed by atoms with Crippen molar-refractivity contribution in [3.05, 3.63) is 196 Å². The molecule has 8 aromatic carbocycles. The number of phenolic OH excluding ortho intramolecular Hbond substituents is 5. The number of ether oxygens (including phenoxy) is 3. The summed E-state index contributed by atoms with van der Waals surface area (Å²) in [5.74, 6) is 3.19. The lowest BCUT2D eigenvalue weighted by atomic mass is 9.92. The molecule has 0 aromatic heterocycles. The number of hydrogen-bond donors (Lipinski definition) is 5. The second-order valence-electron chi connectivity index (χ2n) is 16.7. The van der Waals surface area contributed by atoms with Gasteiger partial charge >= 0.3 is 0 Å². The average molecular weight is 847 g/mol. The maximum absolute atomic E-state index is 11.6. The minimum absolute atomic E-state index is 0.0549. The van der Waals surface area contributed by atoms with Crippen LogP contribution in [0.4, 0.5) is 0 Å². The third-order valence-electron chi connectivity index (χ3n) is 12.3. The monoisotopic (exact) mass is 846 g/mol. The van der Waals surface area contributed by atoms with Crippen LogP contribution in [0.15, 0.2) is 152 Å². The summed E-state index contributed by atoms with van der Waals surface area (Å²) in [6, 6.07) is 47.1. The quantitative estimate of drug-likeness (QED) is 0.116. The van der Waals surface area contributed by atoms with Gasteiger partial charge in [0.1, 0.15) is 28.7 Å². The Morgan fingerprint density at radius 2 is 0.781 bits per heavy atom. The van der Waals surface area contributed by atoms with E-state index in [1.54, 1.807) is 36.4 Å². The third kappa shape index (κ3) is 8.63. The number of rotatable bonds is 2. The Kier molecular flexibility index (Phi) is 10.8. The predicted octanol–water partition coefficient (Wildman–Crippen LogP) is 12.7. The van der Waals surface area contributed by atoms with E-state index in [9.17, 15) is 25.5 Å². The summed E-state index contributed by atoms with van der Waals surface area (Å²) in [6.45, 7) is 0. The van der Waals surface area contributed by atoms with E-state index in [1.165, 1.54) is 0 Å². The largest absolute Gasteiger partial charge is 0.508 e. The molecule has 0 aliphatic carbocycles. The molecule has 16 rings (SSSR count). The van der Waals surface area contributed by atoms with E-state index in [4.69, 9.17) is 14.2 Å². The number of benzene rings is 8. The maximum atomic E-state index is 11.6. The summed E-state index contributed by atoms with van der Waals surface area (Å²) in [7, 11) is 0. The third-order valence-corrected chi connectivity index (χ3v) is 12.3. The van der Waals surface area contributed by atoms with Crippen molar-refractivity contribution >= 4 is 0 Å². The second-order valence-corrected chi connectivity index (χ2v) is 16.7. The van der Waals surface area contributed by atoms with Gasteiger partial charge in [-0.1, -0.05) is 66.7 Å². The van der Waals surface area contributed by atoms with E-state index in [0.29, 0.717) is 85.7 Å². The van der Waals surface area contributed by atoms with Gasteiger partial charge in [-0.05, 0) is 192 Å². The minimum atomic E-state index is -0.0549. The van der Waals surface area contributed by atoms with Crippen molar-refractivity contribution in [1.29, 1.82) is 0 Å². The average Bonchev–Trinajstić information content (AvgIpc) is 3.29. The van der Waals surface area contributed by atoms with E-state index < -0.39 is 0 Å². The molecule has 0 radical (unpaired) electrons. The van der Waals surface area contributed by atoms with Crippen LogP contribution in [0.2, 0.25) is 0 Å². The highest BCUT2D eigenvalue weighted by molar-refractivity contribution is 5.77. The van der Waals surface area contributed by atoms with Crippen molar-refractivity contribution in [2.75, 3.05) is 0 Å². The molecule has 8 aromatic rings. The Labute approximate surface area is 371 Å². The van der Waals surface area contributed by atoms with Crippen LogP contribution in [-0.4, -0.2) is 25.5 Å². The maximum Gasteiger partial charge on any atom is 0.170 e. The van der Waals surface area contributed by atoms with Gasteiger partial charge in [-0.2, -0.15) is 0 Å². The Morgan fingerprint density at radius 1 is 0.312 bits per heavy atom. The van der Waals surface area contributed by atoms with Crippen molar-refractivity contribution in [2.45, 2.75) is 51.4 Å². The van der Waals surface area contributed by atoms with Gasteiger partial charge in [0.25, 0.3) is 0 Å². The number of aromatic hydroxyl groups is 5. The molecule has 8 aliphatic rings. The smallest absolute Gasteiger partial charge is 0.170 e. The zero-order valence-electron chi connectivity index (χ0n) is 35.1. The molecular weight excluding hydrogens is 801 g/mol. The molecule has 0 unspecified atom stereocenters. The molecule has 0 spiro atoms. The van der Waals surface area contributed by atoms with Crippen LogP contribution in [0, 0.1) is 0 Å². The van der Waals surface area contributed by atoms with Crippen LogP contribution in [0.5, 0.6) is 63.2 Å². The molecule has 0 atom stereocenters. The molecule has 5 N–H and O–H groups in total. The normalized spacial score (nSPS) is 13.4. The lowest BCUT2D eigenvalue weighted by molar-refractivity contribution is 0.389. The Balaban J connectivity index is 0.991. The van der Waals surface area contributed by atoms with Crippen LogP contribution in [-0.2, 0) is 51.4 Å². The SMILES string of the molecule is Oc1ccc2c(c1)CCc1ccc(cc1)Oc1cc(ccc1Oc1cc3c(cc1O)CCc1ccc(cc1)Oc1cc(ccc1O)CCc1ccc-3c(O)c1)CCc1ccc-2c(O)c1. The number of phenols is 5. The summed E-state index contributed by atoms with van der Waals surface area (Å²) in [5, 5.41) is 55.3. The molecule has 8 heteroatoms. The summed E-state index contributed by atoms with van der Waals surface area (Å²) >= 11 is 0. The molecular formula is C56H46O8. The van der Waals surface area contributed by atoms with E-state index in [2.05, 4.69) is 0 Å². The predicted molar refractivity (Wildman–Crippen MR) is 248 cm³/mol. The van der Waals surface area contributed by atoms with E-state index in [-0.39, 0.29) is 34.5 Å². The van der Waals surface area contributed by atoms with Gasteiger partial charge in [0, 0.05) is 11.1 Å². The molecule has 12 bridgehead atoms. The van der Waals surface area contributed by atoms with Crippen molar-refractivity contribution < 1.29 is 39.7 Å². The molecule has 64 heavy (non-hydrogen) atoms. The zero-order chi connectivity index (χ0) is 43.7. The topological polar surface area (TPSA) is 129 Å². The molecule has 0 saturated heterocycles. The molecule has 0 fully saturated rings. The van der Waals surface area contributed by atoms with Crippen LogP contribution < -0.4 is 14.2 Å². The highest BCUT2D eigenvalue weighted by Crippen LogP contribution is 2.45. The number of hydrogen-bond acceptors (Lipinski definition) is 8. The molecule has 8 heterocycles. The fourth-order valence-electron chi connectivity index (χ4n) is 8.75. The first-order valence-electron chi connectivity index (χ1n) is 21.7. The van der Waals surface area contributed by atoms with E-state index >= 15 is 0 Å². The summed E-state index contributed by atoms with van der Waals surface area (Å²) < 4.78 is 19.2. The fraction of sp³-hybridized carbons (Fsp3) is 0.143. The Hall–Kier alpha value is -7.84. The fourth-order valence-corrected chi connectivity index (χ4v) is 8.75. The second kappa shape index (κ2) is 17.1. The summed E-state index contributed by atoms with van der Waals surface area (Å²) in [4.78, 5) is 0. The van der Waals surface area contributed by atoms with Gasteiger partial charge in [-0.3, -0.25) is 0 Å². The Morgan fingerprint density at radius 3 is 1.39 bits per heavy atom. The highest BCUT2D eigenvalue weighted by atomic mass is 16.5.